The van der Waals surface area contributed by atoms with Crippen LogP contribution >= 0.6 is 0 Å². The van der Waals surface area contributed by atoms with Crippen molar-refractivity contribution in [2.24, 2.45) is 11.5 Å². The lowest BCUT2D eigenvalue weighted by Crippen LogP contribution is -2.32. The van der Waals surface area contributed by atoms with Crippen molar-refractivity contribution in [1.82, 2.24) is 15.0 Å². The van der Waals surface area contributed by atoms with Gasteiger partial charge in [0.1, 0.15) is 17.3 Å². The zero-order valence-corrected chi connectivity index (χ0v) is 13.2. The van der Waals surface area contributed by atoms with E-state index in [1.165, 1.54) is 6.20 Å². The number of aromatic hydroxyl groups is 1. The van der Waals surface area contributed by atoms with Crippen molar-refractivity contribution in [3.63, 3.8) is 0 Å². The fourth-order valence-corrected chi connectivity index (χ4v) is 2.41. The van der Waals surface area contributed by atoms with Gasteiger partial charge < -0.3 is 32.0 Å². The smallest absolute Gasteiger partial charge is 0.269 e. The van der Waals surface area contributed by atoms with Crippen molar-refractivity contribution < 1.29 is 15.0 Å². The first-order valence-corrected chi connectivity index (χ1v) is 7.58. The van der Waals surface area contributed by atoms with Crippen LogP contribution in [0.5, 0.6) is 5.75 Å². The van der Waals surface area contributed by atoms with E-state index in [9.17, 15) is 9.90 Å². The molecular weight excluding hydrogens is 324 g/mol. The van der Waals surface area contributed by atoms with Gasteiger partial charge in [0.25, 0.3) is 5.91 Å². The number of phenols is 1. The van der Waals surface area contributed by atoms with Gasteiger partial charge in [-0.05, 0) is 18.2 Å². The van der Waals surface area contributed by atoms with Crippen LogP contribution < -0.4 is 16.8 Å². The first-order valence-electron chi connectivity index (χ1n) is 7.58. The summed E-state index contributed by atoms with van der Waals surface area (Å²) in [5.74, 6) is -0.229. The third-order valence-electron chi connectivity index (χ3n) is 3.68. The average molecular weight is 342 g/mol. The fraction of sp³-hybridized carbons (Fsp3) is 0.188. The summed E-state index contributed by atoms with van der Waals surface area (Å²) >= 11 is 0. The summed E-state index contributed by atoms with van der Waals surface area (Å²) in [5.41, 5.74) is 12.5. The molecule has 130 valence electrons. The van der Waals surface area contributed by atoms with Gasteiger partial charge in [-0.25, -0.2) is 9.97 Å². The normalized spacial score (nSPS) is 12.2. The highest BCUT2D eigenvalue weighted by molar-refractivity contribution is 5.98. The molecule has 1 amide bonds. The van der Waals surface area contributed by atoms with Crippen LogP contribution in [0.1, 0.15) is 10.5 Å². The van der Waals surface area contributed by atoms with Crippen molar-refractivity contribution in [3.05, 3.63) is 36.2 Å². The molecule has 2 aromatic heterocycles. The van der Waals surface area contributed by atoms with Crippen LogP contribution in [0, 0.1) is 0 Å². The quantitative estimate of drug-likeness (QED) is 0.371. The number of nitrogens with one attached hydrogen (secondary N) is 2. The second kappa shape index (κ2) is 6.75. The molecule has 0 aliphatic carbocycles. The number of H-pyrrole nitrogens is 1. The Kier molecular flexibility index (Phi) is 4.50. The van der Waals surface area contributed by atoms with E-state index >= 15 is 0 Å². The third kappa shape index (κ3) is 3.37. The Bertz CT molecular complexity index is 923. The predicted octanol–water partition coefficient (Wildman–Crippen LogP) is 0.161. The maximum absolute atomic E-state index is 11.7. The van der Waals surface area contributed by atoms with E-state index in [1.807, 2.05) is 0 Å². The molecule has 2 heterocycles. The molecule has 0 saturated heterocycles. The topological polar surface area (TPSA) is 163 Å². The van der Waals surface area contributed by atoms with Gasteiger partial charge in [0.05, 0.1) is 18.5 Å². The highest BCUT2D eigenvalue weighted by Crippen LogP contribution is 2.30. The fourth-order valence-electron chi connectivity index (χ4n) is 2.41. The number of phenolic OH excluding ortho intramolecular Hbond substituents is 1. The number of carbonyl (C=O) groups is 1. The van der Waals surface area contributed by atoms with Crippen molar-refractivity contribution >= 4 is 22.6 Å². The third-order valence-corrected chi connectivity index (χ3v) is 3.68. The zero-order chi connectivity index (χ0) is 18.0. The van der Waals surface area contributed by atoms with Crippen molar-refractivity contribution in [2.45, 2.75) is 6.04 Å². The number of nitrogens with two attached hydrogens (primary N) is 2. The van der Waals surface area contributed by atoms with Gasteiger partial charge in [-0.15, -0.1) is 0 Å². The van der Waals surface area contributed by atoms with Gasteiger partial charge in [-0.1, -0.05) is 6.07 Å². The van der Waals surface area contributed by atoms with Gasteiger partial charge in [0.15, 0.2) is 5.69 Å². The van der Waals surface area contributed by atoms with E-state index < -0.39 is 11.9 Å². The van der Waals surface area contributed by atoms with Crippen LogP contribution in [0.25, 0.3) is 22.3 Å². The second-order valence-electron chi connectivity index (χ2n) is 5.56. The molecule has 3 aromatic rings. The van der Waals surface area contributed by atoms with E-state index in [0.717, 1.165) is 0 Å². The van der Waals surface area contributed by atoms with Crippen LogP contribution in [-0.4, -0.2) is 50.3 Å². The summed E-state index contributed by atoms with van der Waals surface area (Å²) in [4.78, 5) is 23.2. The van der Waals surface area contributed by atoms with Gasteiger partial charge in [0, 0.05) is 23.5 Å². The molecule has 0 saturated carbocycles. The molecule has 0 spiro atoms. The number of anilines is 1. The Morgan fingerprint density at radius 3 is 2.88 bits per heavy atom. The van der Waals surface area contributed by atoms with Crippen molar-refractivity contribution in [1.29, 1.82) is 0 Å². The standard InChI is InChI=1S/C16H18N6O3/c17-8(7-23)5-19-13-6-20-15(16(18)25)14(22-13)11-4-9-10(21-11)2-1-3-12(9)24/h1-4,6,8,21,23-24H,5,7,17H2,(H2,18,25)(H,19,22)/t8-/m1/s1. The minimum absolute atomic E-state index is 0.00283. The van der Waals surface area contributed by atoms with Crippen LogP contribution in [0.3, 0.4) is 0 Å². The molecule has 0 unspecified atom stereocenters. The number of amides is 1. The largest absolute Gasteiger partial charge is 0.507 e. The Morgan fingerprint density at radius 2 is 2.20 bits per heavy atom. The molecule has 9 heteroatoms. The number of aliphatic hydroxyl groups excluding tert-OH is 1. The lowest BCUT2D eigenvalue weighted by Gasteiger charge is -2.11. The monoisotopic (exact) mass is 342 g/mol. The summed E-state index contributed by atoms with van der Waals surface area (Å²) in [6.07, 6.45) is 1.37. The van der Waals surface area contributed by atoms with Gasteiger partial charge in [-0.2, -0.15) is 0 Å². The number of rotatable bonds is 6. The zero-order valence-electron chi connectivity index (χ0n) is 13.2. The maximum atomic E-state index is 11.7. The van der Waals surface area contributed by atoms with Crippen molar-refractivity contribution in [2.75, 3.05) is 18.5 Å². The number of aromatic nitrogens is 3. The first-order chi connectivity index (χ1) is 12.0. The van der Waals surface area contributed by atoms with Gasteiger partial charge >= 0.3 is 0 Å². The molecular formula is C16H18N6O3. The second-order valence-corrected chi connectivity index (χ2v) is 5.56. The molecule has 9 nitrogen and oxygen atoms in total. The number of carbonyl (C=O) groups excluding carboxylic acids is 1. The van der Waals surface area contributed by atoms with E-state index in [4.69, 9.17) is 16.6 Å². The Hall–Kier alpha value is -3.17. The molecule has 3 rings (SSSR count). The summed E-state index contributed by atoms with van der Waals surface area (Å²) < 4.78 is 0. The molecule has 1 aromatic carbocycles. The van der Waals surface area contributed by atoms with Crippen molar-refractivity contribution in [3.8, 4) is 17.1 Å². The number of nitrogens with zero attached hydrogens (tertiary/aromatic N) is 2. The SMILES string of the molecule is NC(=O)c1ncc(NC[C@@H](N)CO)nc1-c1cc2c(O)cccc2[nH]1. The molecule has 0 bridgehead atoms. The van der Waals surface area contributed by atoms with E-state index in [1.54, 1.807) is 24.3 Å². The summed E-state index contributed by atoms with van der Waals surface area (Å²) in [6, 6.07) is 6.27. The van der Waals surface area contributed by atoms with Crippen LogP contribution in [0.2, 0.25) is 0 Å². The summed E-state index contributed by atoms with van der Waals surface area (Å²) in [5, 5.41) is 22.5. The highest BCUT2D eigenvalue weighted by Gasteiger charge is 2.17. The summed E-state index contributed by atoms with van der Waals surface area (Å²) in [7, 11) is 0. The van der Waals surface area contributed by atoms with Gasteiger partial charge in [0.2, 0.25) is 0 Å². The Labute approximate surface area is 142 Å². The first kappa shape index (κ1) is 16.7. The Morgan fingerprint density at radius 1 is 1.40 bits per heavy atom. The van der Waals surface area contributed by atoms with E-state index in [2.05, 4.69) is 20.3 Å². The molecule has 0 fully saturated rings. The van der Waals surface area contributed by atoms with Crippen LogP contribution in [0.15, 0.2) is 30.5 Å². The number of benzene rings is 1. The number of hydrogen-bond donors (Lipinski definition) is 6. The maximum Gasteiger partial charge on any atom is 0.269 e. The van der Waals surface area contributed by atoms with Crippen LogP contribution in [0.4, 0.5) is 5.82 Å². The summed E-state index contributed by atoms with van der Waals surface area (Å²) in [6.45, 7) is 0.113. The number of fused-ring (bicyclic) bond motifs is 1. The number of aliphatic hydroxyl groups is 1. The molecule has 8 N–H and O–H groups in total. The highest BCUT2D eigenvalue weighted by atomic mass is 16.3. The number of primary amides is 1. The minimum Gasteiger partial charge on any atom is -0.507 e. The molecule has 0 radical (unpaired) electrons. The van der Waals surface area contributed by atoms with Gasteiger partial charge in [-0.3, -0.25) is 4.79 Å². The number of hydrogen-bond acceptors (Lipinski definition) is 7. The molecule has 0 aliphatic rings. The average Bonchev–Trinajstić information content (AvgIpc) is 3.05. The minimum atomic E-state index is -0.719. The Balaban J connectivity index is 2.04. The molecule has 0 aliphatic heterocycles. The molecule has 1 atom stereocenters. The van der Waals surface area contributed by atoms with E-state index in [-0.39, 0.29) is 30.3 Å². The van der Waals surface area contributed by atoms with Crippen LogP contribution in [-0.2, 0) is 0 Å². The number of aromatic amines is 1. The van der Waals surface area contributed by atoms with E-state index in [0.29, 0.717) is 22.4 Å². The predicted molar refractivity (Wildman–Crippen MR) is 93.1 cm³/mol. The molecule has 25 heavy (non-hydrogen) atoms. The lowest BCUT2D eigenvalue weighted by atomic mass is 10.2. The lowest BCUT2D eigenvalue weighted by molar-refractivity contribution is 0.0996.